The average molecular weight is 184 g/mol. The van der Waals surface area contributed by atoms with Gasteiger partial charge < -0.3 is 10.6 Å². The van der Waals surface area contributed by atoms with Gasteiger partial charge in [0.25, 0.3) is 0 Å². The van der Waals surface area contributed by atoms with Crippen LogP contribution in [0.1, 0.15) is 13.8 Å². The largest absolute Gasteiger partial charge is 0.371 e. The second-order valence-corrected chi connectivity index (χ2v) is 4.46. The van der Waals surface area contributed by atoms with E-state index < -0.39 is 0 Å². The highest BCUT2D eigenvalue weighted by atomic mass is 32.1. The molecule has 0 aromatic carbocycles. The Morgan fingerprint density at radius 2 is 2.25 bits per heavy atom. The number of hydrogen-bond acceptors (Lipinski definition) is 3. The summed E-state index contributed by atoms with van der Waals surface area (Å²) < 4.78 is 0. The molecule has 0 atom stereocenters. The Bertz CT molecular complexity index is 216. The molecule has 2 nitrogen and oxygen atoms in total. The van der Waals surface area contributed by atoms with E-state index >= 15 is 0 Å². The average Bonchev–Trinajstić information content (AvgIpc) is 2.38. The Hall–Kier alpha value is -0.540. The lowest BCUT2D eigenvalue weighted by molar-refractivity contribution is 0.532. The topological polar surface area (TPSA) is 24.1 Å². The summed E-state index contributed by atoms with van der Waals surface area (Å²) in [5.74, 6) is 0. The van der Waals surface area contributed by atoms with Crippen molar-refractivity contribution in [3.63, 3.8) is 0 Å². The van der Waals surface area contributed by atoms with Gasteiger partial charge >= 0.3 is 0 Å². The molecule has 2 N–H and O–H groups in total. The Balaban J connectivity index is 2.50. The summed E-state index contributed by atoms with van der Waals surface area (Å²) in [5, 5.41) is 9.93. The van der Waals surface area contributed by atoms with E-state index in [1.807, 2.05) is 7.05 Å². The summed E-state index contributed by atoms with van der Waals surface area (Å²) in [6.07, 6.45) is 0. The van der Waals surface area contributed by atoms with Crippen molar-refractivity contribution in [2.24, 2.45) is 0 Å². The van der Waals surface area contributed by atoms with Gasteiger partial charge in [-0.3, -0.25) is 0 Å². The molecule has 1 aromatic heterocycles. The van der Waals surface area contributed by atoms with E-state index in [4.69, 9.17) is 0 Å². The SMILES string of the molecule is CNCC(C)(C)Nc1cccs1. The maximum atomic E-state index is 3.46. The molecule has 0 aliphatic rings. The second-order valence-electron chi connectivity index (χ2n) is 3.52. The molecular weight excluding hydrogens is 168 g/mol. The molecule has 1 aromatic rings. The lowest BCUT2D eigenvalue weighted by Gasteiger charge is -2.26. The van der Waals surface area contributed by atoms with Gasteiger partial charge in [0.15, 0.2) is 0 Å². The van der Waals surface area contributed by atoms with Crippen LogP contribution in [-0.4, -0.2) is 19.1 Å². The number of nitrogens with one attached hydrogen (secondary N) is 2. The maximum absolute atomic E-state index is 3.46. The first-order chi connectivity index (χ1) is 5.64. The molecule has 0 saturated carbocycles. The van der Waals surface area contributed by atoms with Crippen molar-refractivity contribution in [2.75, 3.05) is 18.9 Å². The van der Waals surface area contributed by atoms with Gasteiger partial charge in [0, 0.05) is 12.1 Å². The molecule has 68 valence electrons. The zero-order chi connectivity index (χ0) is 9.03. The minimum atomic E-state index is 0.125. The zero-order valence-corrected chi connectivity index (χ0v) is 8.66. The molecular formula is C9H16N2S. The lowest BCUT2D eigenvalue weighted by Crippen LogP contribution is -2.40. The minimum absolute atomic E-state index is 0.125. The molecule has 0 aliphatic heterocycles. The highest BCUT2D eigenvalue weighted by molar-refractivity contribution is 7.14. The van der Waals surface area contributed by atoms with Gasteiger partial charge in [0.2, 0.25) is 0 Å². The summed E-state index contributed by atoms with van der Waals surface area (Å²) in [6.45, 7) is 5.33. The molecule has 0 spiro atoms. The van der Waals surface area contributed by atoms with Crippen molar-refractivity contribution in [1.82, 2.24) is 5.32 Å². The minimum Gasteiger partial charge on any atom is -0.371 e. The smallest absolute Gasteiger partial charge is 0.0886 e. The molecule has 0 unspecified atom stereocenters. The zero-order valence-electron chi connectivity index (χ0n) is 7.85. The van der Waals surface area contributed by atoms with E-state index in [1.54, 1.807) is 11.3 Å². The van der Waals surface area contributed by atoms with Crippen molar-refractivity contribution in [2.45, 2.75) is 19.4 Å². The quantitative estimate of drug-likeness (QED) is 0.749. The summed E-state index contributed by atoms with van der Waals surface area (Å²) in [5.41, 5.74) is 0.125. The summed E-state index contributed by atoms with van der Waals surface area (Å²) >= 11 is 1.74. The summed E-state index contributed by atoms with van der Waals surface area (Å²) in [6, 6.07) is 4.16. The van der Waals surface area contributed by atoms with Crippen LogP contribution in [0.25, 0.3) is 0 Å². The van der Waals surface area contributed by atoms with Crippen molar-refractivity contribution < 1.29 is 0 Å². The van der Waals surface area contributed by atoms with Gasteiger partial charge in [-0.05, 0) is 38.4 Å². The number of hydrogen-bond donors (Lipinski definition) is 2. The first kappa shape index (κ1) is 9.55. The molecule has 0 radical (unpaired) electrons. The van der Waals surface area contributed by atoms with Crippen molar-refractivity contribution >= 4 is 16.3 Å². The Morgan fingerprint density at radius 1 is 1.50 bits per heavy atom. The third-order valence-electron chi connectivity index (χ3n) is 1.60. The van der Waals surface area contributed by atoms with E-state index in [-0.39, 0.29) is 5.54 Å². The first-order valence-electron chi connectivity index (χ1n) is 4.10. The monoisotopic (exact) mass is 184 g/mol. The van der Waals surface area contributed by atoms with Gasteiger partial charge in [-0.1, -0.05) is 0 Å². The number of likely N-dealkylation sites (N-methyl/N-ethyl adjacent to an activating group) is 1. The fraction of sp³-hybridized carbons (Fsp3) is 0.556. The van der Waals surface area contributed by atoms with Crippen LogP contribution >= 0.6 is 11.3 Å². The highest BCUT2D eigenvalue weighted by Crippen LogP contribution is 2.19. The summed E-state index contributed by atoms with van der Waals surface area (Å²) in [7, 11) is 1.97. The summed E-state index contributed by atoms with van der Waals surface area (Å²) in [4.78, 5) is 0. The first-order valence-corrected chi connectivity index (χ1v) is 4.98. The van der Waals surface area contributed by atoms with E-state index in [2.05, 4.69) is 42.0 Å². The molecule has 0 saturated heterocycles. The Morgan fingerprint density at radius 3 is 2.75 bits per heavy atom. The van der Waals surface area contributed by atoms with Gasteiger partial charge in [-0.25, -0.2) is 0 Å². The molecule has 0 aliphatic carbocycles. The van der Waals surface area contributed by atoms with E-state index in [9.17, 15) is 0 Å². The molecule has 3 heteroatoms. The number of thiophene rings is 1. The van der Waals surface area contributed by atoms with Crippen LogP contribution in [0.5, 0.6) is 0 Å². The lowest BCUT2D eigenvalue weighted by atomic mass is 10.1. The van der Waals surface area contributed by atoms with Crippen LogP contribution in [0.2, 0.25) is 0 Å². The third kappa shape index (κ3) is 2.83. The van der Waals surface area contributed by atoms with E-state index in [0.717, 1.165) is 6.54 Å². The fourth-order valence-electron chi connectivity index (χ4n) is 1.17. The molecule has 0 fully saturated rings. The molecule has 1 rings (SSSR count). The molecule has 1 heterocycles. The van der Waals surface area contributed by atoms with E-state index in [0.29, 0.717) is 0 Å². The third-order valence-corrected chi connectivity index (χ3v) is 2.39. The predicted octanol–water partition coefficient (Wildman–Crippen LogP) is 2.16. The van der Waals surface area contributed by atoms with Crippen LogP contribution in [0.3, 0.4) is 0 Å². The van der Waals surface area contributed by atoms with E-state index in [1.165, 1.54) is 5.00 Å². The molecule has 0 amide bonds. The second kappa shape index (κ2) is 3.92. The van der Waals surface area contributed by atoms with Crippen LogP contribution in [0, 0.1) is 0 Å². The van der Waals surface area contributed by atoms with Crippen LogP contribution in [0.4, 0.5) is 5.00 Å². The van der Waals surface area contributed by atoms with Gasteiger partial charge in [0.1, 0.15) is 0 Å². The van der Waals surface area contributed by atoms with Crippen molar-refractivity contribution in [3.05, 3.63) is 17.5 Å². The number of anilines is 1. The van der Waals surface area contributed by atoms with Crippen LogP contribution in [0.15, 0.2) is 17.5 Å². The van der Waals surface area contributed by atoms with Gasteiger partial charge in [0.05, 0.1) is 5.00 Å². The standard InChI is InChI=1S/C9H16N2S/c1-9(2,7-10-3)11-8-5-4-6-12-8/h4-6,10-11H,7H2,1-3H3. The molecule has 12 heavy (non-hydrogen) atoms. The van der Waals surface area contributed by atoms with Gasteiger partial charge in [-0.15, -0.1) is 11.3 Å². The Kier molecular flexibility index (Phi) is 3.12. The van der Waals surface area contributed by atoms with Gasteiger partial charge in [-0.2, -0.15) is 0 Å². The molecule has 0 bridgehead atoms. The predicted molar refractivity (Wildman–Crippen MR) is 55.9 cm³/mol. The van der Waals surface area contributed by atoms with Crippen molar-refractivity contribution in [3.8, 4) is 0 Å². The highest BCUT2D eigenvalue weighted by Gasteiger charge is 2.15. The van der Waals surface area contributed by atoms with Crippen LogP contribution in [-0.2, 0) is 0 Å². The fourth-order valence-corrected chi connectivity index (χ4v) is 1.97. The number of rotatable bonds is 4. The maximum Gasteiger partial charge on any atom is 0.0886 e. The van der Waals surface area contributed by atoms with Crippen molar-refractivity contribution in [1.29, 1.82) is 0 Å². The van der Waals surface area contributed by atoms with Crippen LogP contribution < -0.4 is 10.6 Å². The normalized spacial score (nSPS) is 11.6. The Labute approximate surface area is 78.0 Å².